The number of rotatable bonds is 1. The Morgan fingerprint density at radius 3 is 3.00 bits per heavy atom. The lowest BCUT2D eigenvalue weighted by atomic mass is 9.85. The number of hydrogen-bond acceptors (Lipinski definition) is 3. The third-order valence-electron chi connectivity index (χ3n) is 4.35. The lowest BCUT2D eigenvalue weighted by molar-refractivity contribution is -0.124. The average molecular weight is 352 g/mol. The Morgan fingerprint density at radius 1 is 1.43 bits per heavy atom. The molecule has 4 nitrogen and oxygen atoms in total. The number of piperidine rings is 2. The molecule has 3 rings (SSSR count). The summed E-state index contributed by atoms with van der Waals surface area (Å²) in [5.41, 5.74) is 0.826. The molecular formula is C15H15BrFN3O. The molecule has 0 bridgehead atoms. The molecule has 110 valence electrons. The highest BCUT2D eigenvalue weighted by atomic mass is 79.9. The number of nitriles is 1. The summed E-state index contributed by atoms with van der Waals surface area (Å²) in [7, 11) is 0. The van der Waals surface area contributed by atoms with E-state index in [9.17, 15) is 9.18 Å². The number of carbonyl (C=O) groups is 1. The Hall–Kier alpha value is -1.61. The van der Waals surface area contributed by atoms with Crippen molar-refractivity contribution in [1.29, 1.82) is 5.26 Å². The van der Waals surface area contributed by atoms with Crippen molar-refractivity contribution in [1.82, 2.24) is 5.32 Å². The van der Waals surface area contributed by atoms with E-state index in [1.807, 2.05) is 11.0 Å². The Bertz CT molecular complexity index is 628. The molecule has 0 aromatic heterocycles. The zero-order valence-corrected chi connectivity index (χ0v) is 13.0. The fourth-order valence-corrected chi connectivity index (χ4v) is 3.62. The highest BCUT2D eigenvalue weighted by molar-refractivity contribution is 9.10. The standard InChI is InChI=1S/C15H15BrFN3O/c16-14-9(7-18)1-3-12(15(14)17)20-6-5-11-10(8-20)2-4-13(21)19-11/h1,3,10-11H,2,4-6,8H2,(H,19,21). The zero-order chi connectivity index (χ0) is 15.0. The first kappa shape index (κ1) is 14.3. The molecule has 2 aliphatic rings. The van der Waals surface area contributed by atoms with Gasteiger partial charge in [0.2, 0.25) is 5.91 Å². The van der Waals surface area contributed by atoms with Crippen LogP contribution in [-0.4, -0.2) is 25.0 Å². The predicted molar refractivity (Wildman–Crippen MR) is 80.3 cm³/mol. The highest BCUT2D eigenvalue weighted by Gasteiger charge is 2.34. The van der Waals surface area contributed by atoms with Crippen molar-refractivity contribution in [2.45, 2.75) is 25.3 Å². The molecule has 21 heavy (non-hydrogen) atoms. The van der Waals surface area contributed by atoms with E-state index in [4.69, 9.17) is 5.26 Å². The van der Waals surface area contributed by atoms with E-state index in [0.29, 0.717) is 30.1 Å². The molecule has 2 unspecified atom stereocenters. The van der Waals surface area contributed by atoms with E-state index in [0.717, 1.165) is 19.4 Å². The van der Waals surface area contributed by atoms with Crippen LogP contribution in [0.1, 0.15) is 24.8 Å². The largest absolute Gasteiger partial charge is 0.369 e. The van der Waals surface area contributed by atoms with Gasteiger partial charge < -0.3 is 10.2 Å². The van der Waals surface area contributed by atoms with Gasteiger partial charge in [-0.05, 0) is 46.8 Å². The zero-order valence-electron chi connectivity index (χ0n) is 11.4. The van der Waals surface area contributed by atoms with Gasteiger partial charge in [-0.25, -0.2) is 4.39 Å². The summed E-state index contributed by atoms with van der Waals surface area (Å²) < 4.78 is 14.6. The maximum Gasteiger partial charge on any atom is 0.220 e. The van der Waals surface area contributed by atoms with Gasteiger partial charge in [0.25, 0.3) is 0 Å². The van der Waals surface area contributed by atoms with Crippen LogP contribution >= 0.6 is 15.9 Å². The third kappa shape index (κ3) is 2.62. The molecule has 0 spiro atoms. The molecule has 0 radical (unpaired) electrons. The first-order chi connectivity index (χ1) is 10.1. The normalized spacial score (nSPS) is 25.0. The molecule has 2 fully saturated rings. The summed E-state index contributed by atoms with van der Waals surface area (Å²) in [5.74, 6) is 0.106. The molecule has 0 saturated carbocycles. The van der Waals surface area contributed by atoms with E-state index in [2.05, 4.69) is 21.2 Å². The Balaban J connectivity index is 1.82. The number of hydrogen-bond donors (Lipinski definition) is 1. The van der Waals surface area contributed by atoms with Gasteiger partial charge in [-0.15, -0.1) is 0 Å². The van der Waals surface area contributed by atoms with Gasteiger partial charge in [0.05, 0.1) is 15.7 Å². The minimum Gasteiger partial charge on any atom is -0.369 e. The number of halogens is 2. The Kier molecular flexibility index (Phi) is 3.85. The predicted octanol–water partition coefficient (Wildman–Crippen LogP) is 2.56. The molecular weight excluding hydrogens is 337 g/mol. The molecule has 2 saturated heterocycles. The van der Waals surface area contributed by atoms with Crippen LogP contribution in [-0.2, 0) is 4.79 Å². The van der Waals surface area contributed by atoms with Crippen molar-refractivity contribution in [2.75, 3.05) is 18.0 Å². The second-order valence-electron chi connectivity index (χ2n) is 5.58. The van der Waals surface area contributed by atoms with Crippen LogP contribution in [0.25, 0.3) is 0 Å². The van der Waals surface area contributed by atoms with Crippen molar-refractivity contribution >= 4 is 27.5 Å². The van der Waals surface area contributed by atoms with Crippen LogP contribution in [0.4, 0.5) is 10.1 Å². The topological polar surface area (TPSA) is 56.1 Å². The van der Waals surface area contributed by atoms with Gasteiger partial charge in [-0.2, -0.15) is 5.26 Å². The number of fused-ring (bicyclic) bond motifs is 1. The van der Waals surface area contributed by atoms with Crippen LogP contribution in [0, 0.1) is 23.1 Å². The quantitative estimate of drug-likeness (QED) is 0.845. The summed E-state index contributed by atoms with van der Waals surface area (Å²) in [6, 6.07) is 5.48. The molecule has 2 atom stereocenters. The number of carbonyl (C=O) groups excluding carboxylic acids is 1. The molecule has 0 aliphatic carbocycles. The first-order valence-corrected chi connectivity index (χ1v) is 7.82. The van der Waals surface area contributed by atoms with Gasteiger partial charge in [0.1, 0.15) is 6.07 Å². The fraction of sp³-hybridized carbons (Fsp3) is 0.467. The summed E-state index contributed by atoms with van der Waals surface area (Å²) in [4.78, 5) is 13.4. The Morgan fingerprint density at radius 2 is 2.24 bits per heavy atom. The summed E-state index contributed by atoms with van der Waals surface area (Å²) >= 11 is 3.15. The van der Waals surface area contributed by atoms with Gasteiger partial charge in [0, 0.05) is 25.6 Å². The molecule has 2 aliphatic heterocycles. The molecule has 1 aromatic carbocycles. The summed E-state index contributed by atoms with van der Waals surface area (Å²) in [5, 5.41) is 11.9. The molecule has 1 amide bonds. The van der Waals surface area contributed by atoms with E-state index in [1.54, 1.807) is 12.1 Å². The second kappa shape index (κ2) is 5.64. The monoisotopic (exact) mass is 351 g/mol. The first-order valence-electron chi connectivity index (χ1n) is 7.02. The average Bonchev–Trinajstić information content (AvgIpc) is 2.49. The van der Waals surface area contributed by atoms with Crippen LogP contribution in [0.3, 0.4) is 0 Å². The molecule has 1 N–H and O–H groups in total. The lowest BCUT2D eigenvalue weighted by Crippen LogP contribution is -2.54. The number of nitrogens with zero attached hydrogens (tertiary/aromatic N) is 2. The van der Waals surface area contributed by atoms with Crippen molar-refractivity contribution in [3.05, 3.63) is 28.0 Å². The van der Waals surface area contributed by atoms with Crippen LogP contribution in [0.2, 0.25) is 0 Å². The van der Waals surface area contributed by atoms with Crippen molar-refractivity contribution < 1.29 is 9.18 Å². The number of nitrogens with one attached hydrogen (secondary N) is 1. The van der Waals surface area contributed by atoms with E-state index in [-0.39, 0.29) is 22.2 Å². The smallest absolute Gasteiger partial charge is 0.220 e. The van der Waals surface area contributed by atoms with Crippen molar-refractivity contribution in [2.24, 2.45) is 5.92 Å². The minimum absolute atomic E-state index is 0.122. The van der Waals surface area contributed by atoms with Crippen molar-refractivity contribution in [3.63, 3.8) is 0 Å². The summed E-state index contributed by atoms with van der Waals surface area (Å²) in [6.45, 7) is 1.44. The number of anilines is 1. The van der Waals surface area contributed by atoms with Crippen LogP contribution in [0.15, 0.2) is 16.6 Å². The fourth-order valence-electron chi connectivity index (χ4n) is 3.20. The highest BCUT2D eigenvalue weighted by Crippen LogP contribution is 2.33. The molecule has 1 aromatic rings. The SMILES string of the molecule is N#Cc1ccc(N2CCC3NC(=O)CCC3C2)c(F)c1Br. The minimum atomic E-state index is -0.382. The van der Waals surface area contributed by atoms with Crippen molar-refractivity contribution in [3.8, 4) is 6.07 Å². The molecule has 2 heterocycles. The third-order valence-corrected chi connectivity index (χ3v) is 5.12. The number of benzene rings is 1. The van der Waals surface area contributed by atoms with Gasteiger partial charge >= 0.3 is 0 Å². The molecule has 6 heteroatoms. The van der Waals surface area contributed by atoms with E-state index in [1.165, 1.54) is 0 Å². The Labute approximate surface area is 131 Å². The van der Waals surface area contributed by atoms with E-state index >= 15 is 0 Å². The van der Waals surface area contributed by atoms with Gasteiger partial charge in [-0.1, -0.05) is 0 Å². The van der Waals surface area contributed by atoms with Gasteiger partial charge in [0.15, 0.2) is 5.82 Å². The lowest BCUT2D eigenvalue weighted by Gasteiger charge is -2.42. The van der Waals surface area contributed by atoms with Crippen LogP contribution in [0.5, 0.6) is 0 Å². The second-order valence-corrected chi connectivity index (χ2v) is 6.37. The number of amides is 1. The maximum absolute atomic E-state index is 14.4. The van der Waals surface area contributed by atoms with E-state index < -0.39 is 0 Å². The maximum atomic E-state index is 14.4. The summed E-state index contributed by atoms with van der Waals surface area (Å²) in [6.07, 6.45) is 2.23. The van der Waals surface area contributed by atoms with Crippen LogP contribution < -0.4 is 10.2 Å². The van der Waals surface area contributed by atoms with Gasteiger partial charge in [-0.3, -0.25) is 4.79 Å².